The van der Waals surface area contributed by atoms with E-state index in [9.17, 15) is 9.59 Å². The van der Waals surface area contributed by atoms with E-state index in [-0.39, 0.29) is 23.7 Å². The number of aromatic nitrogens is 1. The highest BCUT2D eigenvalue weighted by atomic mass is 16.4. The normalized spacial score (nSPS) is 10.2. The molecule has 0 aromatic carbocycles. The van der Waals surface area contributed by atoms with Crippen molar-refractivity contribution in [2.24, 2.45) is 0 Å². The molecule has 0 spiro atoms. The molecule has 0 bridgehead atoms. The first-order valence-electron chi connectivity index (χ1n) is 5.57. The van der Waals surface area contributed by atoms with Crippen LogP contribution < -0.4 is 4.90 Å². The maximum atomic E-state index is 11.7. The van der Waals surface area contributed by atoms with Crippen molar-refractivity contribution >= 4 is 17.6 Å². The van der Waals surface area contributed by atoms with Crippen LogP contribution in [-0.4, -0.2) is 22.0 Å². The van der Waals surface area contributed by atoms with E-state index in [1.807, 2.05) is 0 Å². The maximum absolute atomic E-state index is 11.7. The lowest BCUT2D eigenvalue weighted by Gasteiger charge is -2.21. The second-order valence-corrected chi connectivity index (χ2v) is 3.88. The van der Waals surface area contributed by atoms with E-state index in [0.29, 0.717) is 5.76 Å². The molecule has 0 saturated heterocycles. The number of anilines is 1. The van der Waals surface area contributed by atoms with Gasteiger partial charge in [-0.25, -0.2) is 4.79 Å². The number of pyridine rings is 1. The summed E-state index contributed by atoms with van der Waals surface area (Å²) in [6.45, 7) is 1.52. The number of nitrogens with zero attached hydrogens (tertiary/aromatic N) is 2. The zero-order valence-electron chi connectivity index (χ0n) is 10.2. The molecule has 0 atom stereocenters. The Morgan fingerprint density at radius 2 is 2.21 bits per heavy atom. The number of carbonyl (C=O) groups is 2. The second kappa shape index (κ2) is 5.34. The summed E-state index contributed by atoms with van der Waals surface area (Å²) in [5.41, 5.74) is 0.274. The van der Waals surface area contributed by atoms with Gasteiger partial charge in [-0.2, -0.15) is 0 Å². The van der Waals surface area contributed by atoms with Gasteiger partial charge < -0.3 is 14.4 Å². The van der Waals surface area contributed by atoms with E-state index in [4.69, 9.17) is 9.52 Å². The second-order valence-electron chi connectivity index (χ2n) is 3.88. The van der Waals surface area contributed by atoms with E-state index in [1.165, 1.54) is 36.5 Å². The zero-order valence-corrected chi connectivity index (χ0v) is 10.2. The molecule has 1 amide bonds. The number of carboxylic acids is 1. The number of amides is 1. The minimum atomic E-state index is -1.11. The van der Waals surface area contributed by atoms with Crippen LogP contribution >= 0.6 is 0 Å². The van der Waals surface area contributed by atoms with Gasteiger partial charge in [-0.1, -0.05) is 0 Å². The van der Waals surface area contributed by atoms with E-state index in [0.717, 1.165) is 0 Å². The van der Waals surface area contributed by atoms with Gasteiger partial charge in [-0.05, 0) is 18.2 Å². The zero-order chi connectivity index (χ0) is 13.8. The van der Waals surface area contributed by atoms with Crippen molar-refractivity contribution in [3.8, 4) is 0 Å². The van der Waals surface area contributed by atoms with Crippen molar-refractivity contribution in [1.82, 2.24) is 4.98 Å². The molecule has 0 unspecified atom stereocenters. The Balaban J connectivity index is 2.39. The molecule has 98 valence electrons. The van der Waals surface area contributed by atoms with Crippen LogP contribution in [0.3, 0.4) is 0 Å². The quantitative estimate of drug-likeness (QED) is 0.908. The summed E-state index contributed by atoms with van der Waals surface area (Å²) in [5.74, 6) is -0.828. The molecule has 2 aromatic heterocycles. The van der Waals surface area contributed by atoms with Gasteiger partial charge in [0.05, 0.1) is 30.3 Å². The van der Waals surface area contributed by atoms with Crippen LogP contribution in [0.5, 0.6) is 0 Å². The Morgan fingerprint density at radius 1 is 1.42 bits per heavy atom. The summed E-state index contributed by atoms with van der Waals surface area (Å²) < 4.78 is 5.17. The molecular weight excluding hydrogens is 248 g/mol. The SMILES string of the molecule is CC(=O)N(Cc1ccco1)c1cnccc1C(=O)O. The van der Waals surface area contributed by atoms with E-state index >= 15 is 0 Å². The van der Waals surface area contributed by atoms with Gasteiger partial charge in [0, 0.05) is 13.1 Å². The maximum Gasteiger partial charge on any atom is 0.337 e. The predicted octanol–water partition coefficient (Wildman–Crippen LogP) is 1.93. The van der Waals surface area contributed by atoms with Crippen molar-refractivity contribution in [1.29, 1.82) is 0 Å². The van der Waals surface area contributed by atoms with E-state index < -0.39 is 5.97 Å². The molecule has 0 aliphatic rings. The van der Waals surface area contributed by atoms with Gasteiger partial charge in [0.25, 0.3) is 0 Å². The van der Waals surface area contributed by atoms with Crippen molar-refractivity contribution in [3.05, 3.63) is 48.2 Å². The van der Waals surface area contributed by atoms with Gasteiger partial charge in [-0.15, -0.1) is 0 Å². The smallest absolute Gasteiger partial charge is 0.337 e. The molecule has 0 radical (unpaired) electrons. The first-order chi connectivity index (χ1) is 9.09. The topological polar surface area (TPSA) is 83.6 Å². The average Bonchev–Trinajstić information content (AvgIpc) is 2.88. The first kappa shape index (κ1) is 12.8. The predicted molar refractivity (Wildman–Crippen MR) is 66.8 cm³/mol. The van der Waals surface area contributed by atoms with Crippen molar-refractivity contribution < 1.29 is 19.1 Å². The summed E-state index contributed by atoms with van der Waals surface area (Å²) in [6.07, 6.45) is 4.22. The molecule has 1 N–H and O–H groups in total. The summed E-state index contributed by atoms with van der Waals surface area (Å²) in [7, 11) is 0. The molecule has 19 heavy (non-hydrogen) atoms. The molecule has 6 heteroatoms. The van der Waals surface area contributed by atoms with Gasteiger partial charge in [0.15, 0.2) is 0 Å². The minimum Gasteiger partial charge on any atom is -0.478 e. The Kier molecular flexibility index (Phi) is 3.61. The molecule has 2 aromatic rings. The van der Waals surface area contributed by atoms with Crippen LogP contribution in [0.2, 0.25) is 0 Å². The summed E-state index contributed by atoms with van der Waals surface area (Å²) in [6, 6.07) is 4.78. The number of hydrogen-bond donors (Lipinski definition) is 1. The molecule has 0 saturated carbocycles. The van der Waals surface area contributed by atoms with Crippen LogP contribution in [-0.2, 0) is 11.3 Å². The van der Waals surface area contributed by atoms with Gasteiger partial charge in [-0.3, -0.25) is 9.78 Å². The standard InChI is InChI=1S/C13H12N2O4/c1-9(16)15(8-10-3-2-6-19-10)12-7-14-5-4-11(12)13(17)18/h2-7H,8H2,1H3,(H,17,18). The molecular formula is C13H12N2O4. The fraction of sp³-hybridized carbons (Fsp3) is 0.154. The molecule has 0 aliphatic heterocycles. The molecule has 6 nitrogen and oxygen atoms in total. The van der Waals surface area contributed by atoms with Crippen molar-refractivity contribution in [3.63, 3.8) is 0 Å². The third kappa shape index (κ3) is 2.79. The molecule has 0 fully saturated rings. The fourth-order valence-electron chi connectivity index (χ4n) is 1.71. The Labute approximate surface area is 109 Å². The van der Waals surface area contributed by atoms with Gasteiger partial charge in [0.1, 0.15) is 5.76 Å². The highest BCUT2D eigenvalue weighted by molar-refractivity contribution is 6.00. The Morgan fingerprint density at radius 3 is 2.79 bits per heavy atom. The van der Waals surface area contributed by atoms with Gasteiger partial charge >= 0.3 is 5.97 Å². The molecule has 2 heterocycles. The number of aromatic carboxylic acids is 1. The Hall–Kier alpha value is -2.63. The molecule has 2 rings (SSSR count). The van der Waals surface area contributed by atoms with Gasteiger partial charge in [0.2, 0.25) is 5.91 Å². The van der Waals surface area contributed by atoms with Crippen molar-refractivity contribution in [2.75, 3.05) is 4.90 Å². The summed E-state index contributed by atoms with van der Waals surface area (Å²) >= 11 is 0. The largest absolute Gasteiger partial charge is 0.478 e. The van der Waals surface area contributed by atoms with E-state index in [2.05, 4.69) is 4.98 Å². The number of carbonyl (C=O) groups excluding carboxylic acids is 1. The van der Waals surface area contributed by atoms with Crippen LogP contribution in [0.15, 0.2) is 41.3 Å². The lowest BCUT2D eigenvalue weighted by Crippen LogP contribution is -2.29. The third-order valence-electron chi connectivity index (χ3n) is 2.60. The number of carboxylic acid groups (broad SMARTS) is 1. The lowest BCUT2D eigenvalue weighted by atomic mass is 10.2. The summed E-state index contributed by atoms with van der Waals surface area (Å²) in [4.78, 5) is 28.1. The minimum absolute atomic E-state index is 0.0248. The molecule has 0 aliphatic carbocycles. The number of furan rings is 1. The van der Waals surface area contributed by atoms with Crippen LogP contribution in [0.1, 0.15) is 23.0 Å². The van der Waals surface area contributed by atoms with Crippen LogP contribution in [0.25, 0.3) is 0 Å². The summed E-state index contributed by atoms with van der Waals surface area (Å²) in [5, 5.41) is 9.13. The first-order valence-corrected chi connectivity index (χ1v) is 5.57. The van der Waals surface area contributed by atoms with Crippen LogP contribution in [0, 0.1) is 0 Å². The lowest BCUT2D eigenvalue weighted by molar-refractivity contribution is -0.116. The highest BCUT2D eigenvalue weighted by Crippen LogP contribution is 2.21. The fourth-order valence-corrected chi connectivity index (χ4v) is 1.71. The van der Waals surface area contributed by atoms with Crippen molar-refractivity contribution in [2.45, 2.75) is 13.5 Å². The average molecular weight is 260 g/mol. The highest BCUT2D eigenvalue weighted by Gasteiger charge is 2.20. The number of rotatable bonds is 4. The third-order valence-corrected chi connectivity index (χ3v) is 2.60. The number of hydrogen-bond acceptors (Lipinski definition) is 4. The van der Waals surface area contributed by atoms with Crippen LogP contribution in [0.4, 0.5) is 5.69 Å². The monoisotopic (exact) mass is 260 g/mol. The van der Waals surface area contributed by atoms with E-state index in [1.54, 1.807) is 12.1 Å². The Bertz CT molecular complexity index is 592.